The maximum atomic E-state index is 12.8. The lowest BCUT2D eigenvalue weighted by Crippen LogP contribution is -2.50. The summed E-state index contributed by atoms with van der Waals surface area (Å²) in [6.07, 6.45) is 0.132. The molecule has 1 N–H and O–H groups in total. The van der Waals surface area contributed by atoms with Crippen LogP contribution in [0.15, 0.2) is 42.5 Å². The lowest BCUT2D eigenvalue weighted by molar-refractivity contribution is -0.127. The molecule has 0 bridgehead atoms. The molecule has 1 fully saturated rings. The summed E-state index contributed by atoms with van der Waals surface area (Å²) in [7, 11) is -3.61. The molecule has 2 heterocycles. The number of morpholine rings is 1. The van der Waals surface area contributed by atoms with Gasteiger partial charge >= 0.3 is 0 Å². The van der Waals surface area contributed by atoms with Gasteiger partial charge in [0.05, 0.1) is 31.7 Å². The number of hydrogen-bond donors (Lipinski definition) is 1. The number of rotatable bonds is 6. The third-order valence-corrected chi connectivity index (χ3v) is 6.83. The molecule has 1 saturated heterocycles. The molecule has 0 radical (unpaired) electrons. The van der Waals surface area contributed by atoms with Gasteiger partial charge in [-0.2, -0.15) is 0 Å². The number of ether oxygens (including phenoxy) is 2. The Balaban J connectivity index is 1.41. The van der Waals surface area contributed by atoms with Gasteiger partial charge in [0.25, 0.3) is 5.91 Å². The predicted molar refractivity (Wildman–Crippen MR) is 122 cm³/mol. The molecule has 1 amide bonds. The number of anilines is 1. The minimum absolute atomic E-state index is 0.116. The first kappa shape index (κ1) is 22.8. The van der Waals surface area contributed by atoms with E-state index < -0.39 is 16.1 Å². The van der Waals surface area contributed by atoms with E-state index in [1.807, 2.05) is 12.1 Å². The van der Waals surface area contributed by atoms with Gasteiger partial charge in [0, 0.05) is 31.2 Å². The number of nitrogens with zero attached hydrogens (tertiary/aromatic N) is 2. The molecule has 2 aliphatic heterocycles. The topological polar surface area (TPSA) is 88.2 Å². The van der Waals surface area contributed by atoms with Crippen molar-refractivity contribution in [3.63, 3.8) is 0 Å². The van der Waals surface area contributed by atoms with Crippen LogP contribution in [-0.4, -0.2) is 64.4 Å². The van der Waals surface area contributed by atoms with Crippen molar-refractivity contribution in [1.82, 2.24) is 10.2 Å². The first-order valence-electron chi connectivity index (χ1n) is 10.4. The van der Waals surface area contributed by atoms with Crippen LogP contribution in [0.5, 0.6) is 5.75 Å². The standard InChI is InChI=1S/C22H26ClN3O5S/c1-32(28,29)26-15-21(31-20-6-5-18(23)12-19(20)26)22(27)24-13-16-3-2-4-17(11-16)14-25-7-9-30-10-8-25/h2-6,11-12,21H,7-10,13-15H2,1H3,(H,24,27). The van der Waals surface area contributed by atoms with Crippen molar-refractivity contribution in [3.05, 3.63) is 58.6 Å². The van der Waals surface area contributed by atoms with Crippen LogP contribution < -0.4 is 14.4 Å². The number of carbonyl (C=O) groups excluding carboxylic acids is 1. The zero-order valence-electron chi connectivity index (χ0n) is 17.8. The molecule has 4 rings (SSSR count). The largest absolute Gasteiger partial charge is 0.476 e. The van der Waals surface area contributed by atoms with E-state index in [2.05, 4.69) is 22.3 Å². The van der Waals surface area contributed by atoms with Crippen molar-refractivity contribution in [2.24, 2.45) is 0 Å². The van der Waals surface area contributed by atoms with Gasteiger partial charge in [-0.15, -0.1) is 0 Å². The number of carbonyl (C=O) groups is 1. The molecule has 172 valence electrons. The fourth-order valence-electron chi connectivity index (χ4n) is 3.83. The van der Waals surface area contributed by atoms with E-state index in [1.165, 1.54) is 11.6 Å². The van der Waals surface area contributed by atoms with Gasteiger partial charge in [-0.1, -0.05) is 35.9 Å². The summed E-state index contributed by atoms with van der Waals surface area (Å²) in [6, 6.07) is 12.7. The van der Waals surface area contributed by atoms with E-state index in [0.29, 0.717) is 23.0 Å². The lowest BCUT2D eigenvalue weighted by atomic mass is 10.1. The second-order valence-corrected chi connectivity index (χ2v) is 10.3. The lowest BCUT2D eigenvalue weighted by Gasteiger charge is -2.34. The molecule has 32 heavy (non-hydrogen) atoms. The Morgan fingerprint density at radius 2 is 1.91 bits per heavy atom. The fourth-order valence-corrected chi connectivity index (χ4v) is 4.91. The summed E-state index contributed by atoms with van der Waals surface area (Å²) in [5.41, 5.74) is 2.47. The van der Waals surface area contributed by atoms with Gasteiger partial charge in [-0.05, 0) is 29.3 Å². The van der Waals surface area contributed by atoms with Gasteiger partial charge < -0.3 is 14.8 Å². The maximum absolute atomic E-state index is 12.8. The summed E-state index contributed by atoms with van der Waals surface area (Å²) in [6.45, 7) is 4.34. The Kier molecular flexibility index (Phi) is 6.90. The Labute approximate surface area is 193 Å². The van der Waals surface area contributed by atoms with Crippen LogP contribution in [0.1, 0.15) is 11.1 Å². The molecule has 2 aromatic carbocycles. The Morgan fingerprint density at radius 3 is 2.66 bits per heavy atom. The van der Waals surface area contributed by atoms with E-state index in [-0.39, 0.29) is 12.5 Å². The molecule has 1 unspecified atom stereocenters. The number of fused-ring (bicyclic) bond motifs is 1. The predicted octanol–water partition coefficient (Wildman–Crippen LogP) is 2.02. The molecule has 8 nitrogen and oxygen atoms in total. The van der Waals surface area contributed by atoms with Gasteiger partial charge in [0.15, 0.2) is 6.10 Å². The van der Waals surface area contributed by atoms with Crippen molar-refractivity contribution in [3.8, 4) is 5.75 Å². The molecule has 1 atom stereocenters. The van der Waals surface area contributed by atoms with Crippen molar-refractivity contribution >= 4 is 33.2 Å². The number of amides is 1. The fraction of sp³-hybridized carbons (Fsp3) is 0.409. The van der Waals surface area contributed by atoms with Crippen molar-refractivity contribution in [2.75, 3.05) is 43.4 Å². The molecule has 0 saturated carbocycles. The molecule has 0 spiro atoms. The highest BCUT2D eigenvalue weighted by Gasteiger charge is 2.35. The van der Waals surface area contributed by atoms with Crippen LogP contribution in [-0.2, 0) is 32.6 Å². The Morgan fingerprint density at radius 1 is 1.16 bits per heavy atom. The van der Waals surface area contributed by atoms with Crippen LogP contribution in [0.25, 0.3) is 0 Å². The van der Waals surface area contributed by atoms with Gasteiger partial charge in [-0.25, -0.2) is 8.42 Å². The monoisotopic (exact) mass is 479 g/mol. The minimum atomic E-state index is -3.61. The number of benzene rings is 2. The summed E-state index contributed by atoms with van der Waals surface area (Å²) < 4.78 is 36.9. The second-order valence-electron chi connectivity index (χ2n) is 7.94. The number of sulfonamides is 1. The molecule has 2 aromatic rings. The molecule has 0 aliphatic carbocycles. The minimum Gasteiger partial charge on any atom is -0.476 e. The van der Waals surface area contributed by atoms with Gasteiger partial charge in [0.2, 0.25) is 10.0 Å². The summed E-state index contributed by atoms with van der Waals surface area (Å²) in [5.74, 6) is -0.0726. The average molecular weight is 480 g/mol. The quantitative estimate of drug-likeness (QED) is 0.682. The van der Waals surface area contributed by atoms with E-state index in [0.717, 1.165) is 49.0 Å². The zero-order chi connectivity index (χ0) is 22.7. The molecular formula is C22H26ClN3O5S. The van der Waals surface area contributed by atoms with Crippen molar-refractivity contribution in [1.29, 1.82) is 0 Å². The van der Waals surface area contributed by atoms with Gasteiger partial charge in [0.1, 0.15) is 5.75 Å². The summed E-state index contributed by atoms with van der Waals surface area (Å²) in [4.78, 5) is 15.2. The van der Waals surface area contributed by atoms with Crippen LogP contribution in [0.3, 0.4) is 0 Å². The van der Waals surface area contributed by atoms with E-state index in [9.17, 15) is 13.2 Å². The first-order chi connectivity index (χ1) is 15.3. The van der Waals surface area contributed by atoms with Gasteiger partial charge in [-0.3, -0.25) is 14.0 Å². The second kappa shape index (κ2) is 9.66. The smallest absolute Gasteiger partial charge is 0.263 e. The molecular weight excluding hydrogens is 454 g/mol. The average Bonchev–Trinajstić information content (AvgIpc) is 2.77. The molecule has 0 aromatic heterocycles. The van der Waals surface area contributed by atoms with E-state index >= 15 is 0 Å². The third-order valence-electron chi connectivity index (χ3n) is 5.45. The summed E-state index contributed by atoms with van der Waals surface area (Å²) in [5, 5.41) is 3.26. The summed E-state index contributed by atoms with van der Waals surface area (Å²) >= 11 is 6.02. The third kappa shape index (κ3) is 5.53. The van der Waals surface area contributed by atoms with Crippen molar-refractivity contribution in [2.45, 2.75) is 19.2 Å². The zero-order valence-corrected chi connectivity index (χ0v) is 19.4. The van der Waals surface area contributed by atoms with Crippen molar-refractivity contribution < 1.29 is 22.7 Å². The number of nitrogens with one attached hydrogen (secondary N) is 1. The number of hydrogen-bond acceptors (Lipinski definition) is 6. The highest BCUT2D eigenvalue weighted by Crippen LogP contribution is 2.37. The maximum Gasteiger partial charge on any atom is 0.263 e. The molecule has 2 aliphatic rings. The highest BCUT2D eigenvalue weighted by molar-refractivity contribution is 7.92. The Bertz CT molecular complexity index is 1090. The molecule has 10 heteroatoms. The number of halogens is 1. The SMILES string of the molecule is CS(=O)(=O)N1CC(C(=O)NCc2cccc(CN3CCOCC3)c2)Oc2ccc(Cl)cc21. The van der Waals surface area contributed by atoms with Crippen LogP contribution >= 0.6 is 11.6 Å². The van der Waals surface area contributed by atoms with E-state index in [1.54, 1.807) is 12.1 Å². The highest BCUT2D eigenvalue weighted by atomic mass is 35.5. The Hall–Kier alpha value is -2.33. The van der Waals surface area contributed by atoms with Crippen LogP contribution in [0.2, 0.25) is 5.02 Å². The first-order valence-corrected chi connectivity index (χ1v) is 12.6. The van der Waals surface area contributed by atoms with E-state index in [4.69, 9.17) is 21.1 Å². The normalized spacial score (nSPS) is 19.2. The van der Waals surface area contributed by atoms with Crippen LogP contribution in [0.4, 0.5) is 5.69 Å². The van der Waals surface area contributed by atoms with Crippen LogP contribution in [0, 0.1) is 0 Å².